The molecule has 15 heavy (non-hydrogen) atoms. The lowest BCUT2D eigenvalue weighted by Gasteiger charge is -1.98. The molecule has 3 nitrogen and oxygen atoms in total. The predicted molar refractivity (Wildman–Crippen MR) is 61.3 cm³/mol. The number of rotatable bonds is 3. The maximum atomic E-state index is 11.7. The van der Waals surface area contributed by atoms with Gasteiger partial charge in [-0.1, -0.05) is 11.6 Å². The number of fused-ring (bicyclic) bond motifs is 1. The van der Waals surface area contributed by atoms with Crippen molar-refractivity contribution in [2.75, 3.05) is 13.6 Å². The number of aromatic amines is 1. The summed E-state index contributed by atoms with van der Waals surface area (Å²) >= 11 is 0. The largest absolute Gasteiger partial charge is 0.360 e. The maximum Gasteiger partial charge on any atom is 0.178 e. The van der Waals surface area contributed by atoms with Gasteiger partial charge in [-0.05, 0) is 26.1 Å². The quantitative estimate of drug-likeness (QED) is 0.746. The molecular weight excluding hydrogens is 188 g/mol. The number of nitrogens with one attached hydrogen (secondary N) is 2. The van der Waals surface area contributed by atoms with Gasteiger partial charge in [-0.15, -0.1) is 0 Å². The number of Topliss-reactive ketones (excluding diaryl/α,β-unsaturated/α-hetero) is 1. The van der Waals surface area contributed by atoms with Crippen LogP contribution in [0.4, 0.5) is 0 Å². The first-order valence-electron chi connectivity index (χ1n) is 4.98. The minimum absolute atomic E-state index is 0.120. The summed E-state index contributed by atoms with van der Waals surface area (Å²) < 4.78 is 0. The number of hydrogen-bond acceptors (Lipinski definition) is 2. The molecule has 0 aliphatic heterocycles. The third kappa shape index (κ3) is 1.78. The third-order valence-electron chi connectivity index (χ3n) is 2.47. The molecule has 3 heteroatoms. The van der Waals surface area contributed by atoms with E-state index in [-0.39, 0.29) is 5.78 Å². The van der Waals surface area contributed by atoms with Gasteiger partial charge in [0.1, 0.15) is 0 Å². The Morgan fingerprint density at radius 2 is 2.27 bits per heavy atom. The molecule has 0 saturated carbocycles. The lowest BCUT2D eigenvalue weighted by atomic mass is 10.1. The number of hydrogen-bond donors (Lipinski definition) is 2. The van der Waals surface area contributed by atoms with Crippen molar-refractivity contribution in [3.05, 3.63) is 35.5 Å². The van der Waals surface area contributed by atoms with Crippen molar-refractivity contribution in [1.29, 1.82) is 0 Å². The van der Waals surface area contributed by atoms with Gasteiger partial charge in [-0.25, -0.2) is 0 Å². The second-order valence-corrected chi connectivity index (χ2v) is 3.70. The van der Waals surface area contributed by atoms with Gasteiger partial charge >= 0.3 is 0 Å². The van der Waals surface area contributed by atoms with Gasteiger partial charge in [0.25, 0.3) is 0 Å². The Hall–Kier alpha value is -1.61. The normalized spacial score (nSPS) is 10.8. The zero-order valence-corrected chi connectivity index (χ0v) is 8.92. The monoisotopic (exact) mass is 202 g/mol. The molecule has 0 amide bonds. The fraction of sp³-hybridized carbons (Fsp3) is 0.250. The molecule has 0 radical (unpaired) electrons. The summed E-state index contributed by atoms with van der Waals surface area (Å²) in [4.78, 5) is 14.9. The van der Waals surface area contributed by atoms with Crippen molar-refractivity contribution in [3.63, 3.8) is 0 Å². The molecule has 0 aliphatic rings. The average Bonchev–Trinajstić information content (AvgIpc) is 2.60. The van der Waals surface area contributed by atoms with Crippen LogP contribution in [-0.4, -0.2) is 24.4 Å². The Labute approximate surface area is 88.5 Å². The number of carbonyl (C=O) groups excluding carboxylic acids is 1. The van der Waals surface area contributed by atoms with Crippen molar-refractivity contribution < 1.29 is 4.79 Å². The third-order valence-corrected chi connectivity index (χ3v) is 2.47. The predicted octanol–water partition coefficient (Wildman–Crippen LogP) is 1.88. The van der Waals surface area contributed by atoms with E-state index in [0.29, 0.717) is 6.54 Å². The highest BCUT2D eigenvalue weighted by Gasteiger charge is 2.10. The zero-order chi connectivity index (χ0) is 10.8. The molecule has 1 aromatic carbocycles. The van der Waals surface area contributed by atoms with Crippen LogP contribution in [0.3, 0.4) is 0 Å². The second kappa shape index (κ2) is 3.87. The van der Waals surface area contributed by atoms with Crippen LogP contribution in [0, 0.1) is 6.92 Å². The first-order valence-corrected chi connectivity index (χ1v) is 4.98. The smallest absolute Gasteiger partial charge is 0.178 e. The van der Waals surface area contributed by atoms with Gasteiger partial charge in [0.15, 0.2) is 5.78 Å². The summed E-state index contributed by atoms with van der Waals surface area (Å²) in [5.74, 6) is 0.120. The summed E-state index contributed by atoms with van der Waals surface area (Å²) in [6, 6.07) is 6.07. The molecule has 0 bridgehead atoms. The molecule has 2 aromatic rings. The van der Waals surface area contributed by atoms with Gasteiger partial charge in [0, 0.05) is 22.7 Å². The summed E-state index contributed by atoms with van der Waals surface area (Å²) in [7, 11) is 1.78. The lowest BCUT2D eigenvalue weighted by Crippen LogP contribution is -2.18. The minimum atomic E-state index is 0.120. The van der Waals surface area contributed by atoms with Crippen molar-refractivity contribution in [2.24, 2.45) is 0 Å². The molecule has 2 N–H and O–H groups in total. The van der Waals surface area contributed by atoms with Gasteiger partial charge in [0.2, 0.25) is 0 Å². The van der Waals surface area contributed by atoms with E-state index < -0.39 is 0 Å². The van der Waals surface area contributed by atoms with Crippen LogP contribution in [0.15, 0.2) is 24.4 Å². The van der Waals surface area contributed by atoms with Crippen LogP contribution >= 0.6 is 0 Å². The van der Waals surface area contributed by atoms with Crippen molar-refractivity contribution in [2.45, 2.75) is 6.92 Å². The van der Waals surface area contributed by atoms with Crippen LogP contribution < -0.4 is 5.32 Å². The zero-order valence-electron chi connectivity index (χ0n) is 8.92. The van der Waals surface area contributed by atoms with Gasteiger partial charge in [-0.2, -0.15) is 0 Å². The van der Waals surface area contributed by atoms with E-state index in [1.54, 1.807) is 13.2 Å². The standard InChI is InChI=1S/C12H14N2O/c1-8-3-4-11-9(5-8)10(6-14-11)12(15)7-13-2/h3-6,13-14H,7H2,1-2H3. The van der Waals surface area contributed by atoms with Gasteiger partial charge in [0.05, 0.1) is 6.54 Å². The van der Waals surface area contributed by atoms with Crippen LogP contribution in [-0.2, 0) is 0 Å². The number of aromatic nitrogens is 1. The Bertz CT molecular complexity index is 499. The summed E-state index contributed by atoms with van der Waals surface area (Å²) in [5.41, 5.74) is 2.95. The maximum absolute atomic E-state index is 11.7. The molecular formula is C12H14N2O. The van der Waals surface area contributed by atoms with Crippen LogP contribution in [0.5, 0.6) is 0 Å². The van der Waals surface area contributed by atoms with E-state index in [9.17, 15) is 4.79 Å². The SMILES string of the molecule is CNCC(=O)c1c[nH]c2ccc(C)cc12. The van der Waals surface area contributed by atoms with Crippen molar-refractivity contribution in [1.82, 2.24) is 10.3 Å². The van der Waals surface area contributed by atoms with E-state index >= 15 is 0 Å². The van der Waals surface area contributed by atoms with Gasteiger partial charge in [-0.3, -0.25) is 4.79 Å². The second-order valence-electron chi connectivity index (χ2n) is 3.70. The Morgan fingerprint density at radius 1 is 1.47 bits per heavy atom. The molecule has 0 aliphatic carbocycles. The molecule has 0 unspecified atom stereocenters. The summed E-state index contributed by atoms with van der Waals surface area (Å²) in [6.07, 6.45) is 1.78. The van der Waals surface area contributed by atoms with E-state index in [4.69, 9.17) is 0 Å². The van der Waals surface area contributed by atoms with E-state index in [2.05, 4.69) is 10.3 Å². The average molecular weight is 202 g/mol. The molecule has 78 valence electrons. The topological polar surface area (TPSA) is 44.9 Å². The van der Waals surface area contributed by atoms with E-state index in [1.807, 2.05) is 25.1 Å². The van der Waals surface area contributed by atoms with Crippen LogP contribution in [0.25, 0.3) is 10.9 Å². The molecule has 0 atom stereocenters. The van der Waals surface area contributed by atoms with Gasteiger partial charge < -0.3 is 10.3 Å². The number of carbonyl (C=O) groups is 1. The van der Waals surface area contributed by atoms with Crippen LogP contribution in [0.1, 0.15) is 15.9 Å². The number of likely N-dealkylation sites (N-methyl/N-ethyl adjacent to an activating group) is 1. The Kier molecular flexibility index (Phi) is 2.56. The minimum Gasteiger partial charge on any atom is -0.360 e. The molecule has 0 fully saturated rings. The first kappa shape index (κ1) is 9.93. The summed E-state index contributed by atoms with van der Waals surface area (Å²) in [5, 5.41) is 3.88. The number of H-pyrrole nitrogens is 1. The van der Waals surface area contributed by atoms with E-state index in [1.165, 1.54) is 5.56 Å². The number of aryl methyl sites for hydroxylation is 1. The summed E-state index contributed by atoms with van der Waals surface area (Å²) in [6.45, 7) is 2.40. The Balaban J connectivity index is 2.52. The molecule has 2 rings (SSSR count). The molecule has 0 saturated heterocycles. The highest BCUT2D eigenvalue weighted by Crippen LogP contribution is 2.19. The fourth-order valence-electron chi connectivity index (χ4n) is 1.72. The first-order chi connectivity index (χ1) is 7.22. The van der Waals surface area contributed by atoms with Crippen LogP contribution in [0.2, 0.25) is 0 Å². The van der Waals surface area contributed by atoms with Crippen molar-refractivity contribution in [3.8, 4) is 0 Å². The Morgan fingerprint density at radius 3 is 3.00 bits per heavy atom. The molecule has 0 spiro atoms. The van der Waals surface area contributed by atoms with E-state index in [0.717, 1.165) is 16.5 Å². The number of benzene rings is 1. The highest BCUT2D eigenvalue weighted by atomic mass is 16.1. The molecule has 1 heterocycles. The number of ketones is 1. The molecule has 1 aromatic heterocycles. The highest BCUT2D eigenvalue weighted by molar-refractivity contribution is 6.08. The van der Waals surface area contributed by atoms with Crippen molar-refractivity contribution >= 4 is 16.7 Å². The fourth-order valence-corrected chi connectivity index (χ4v) is 1.72. The lowest BCUT2D eigenvalue weighted by molar-refractivity contribution is 0.0995.